The molecule has 3 heterocycles. The number of benzene rings is 1. The van der Waals surface area contributed by atoms with E-state index >= 15 is 0 Å². The molecule has 0 bridgehead atoms. The fourth-order valence-corrected chi connectivity index (χ4v) is 6.63. The van der Waals surface area contributed by atoms with E-state index in [4.69, 9.17) is 57.4 Å². The molecule has 0 atom stereocenters. The minimum atomic E-state index is -4.86. The summed E-state index contributed by atoms with van der Waals surface area (Å²) < 4.78 is 91.5. The van der Waals surface area contributed by atoms with Crippen molar-refractivity contribution in [3.05, 3.63) is 78.2 Å². The van der Waals surface area contributed by atoms with Gasteiger partial charge in [0.1, 0.15) is 11.3 Å². The zero-order valence-electron chi connectivity index (χ0n) is 33.0. The monoisotopic (exact) mass is 979 g/mol. The second-order valence-corrected chi connectivity index (χ2v) is 16.0. The van der Waals surface area contributed by atoms with Gasteiger partial charge in [0.2, 0.25) is 17.7 Å². The van der Waals surface area contributed by atoms with Gasteiger partial charge in [-0.2, -0.15) is 36.7 Å². The number of rotatable bonds is 13. The van der Waals surface area contributed by atoms with E-state index in [1.807, 2.05) is 0 Å². The molecular formula is C31H35Cl2F3N9O16PS. The van der Waals surface area contributed by atoms with E-state index in [2.05, 4.69) is 25.7 Å². The number of nitrogens with zero attached hydrogens (tertiary/aromatic N) is 6. The summed E-state index contributed by atoms with van der Waals surface area (Å²) in [6.07, 6.45) is -5.90. The van der Waals surface area contributed by atoms with E-state index in [-0.39, 0.29) is 34.0 Å². The van der Waals surface area contributed by atoms with Crippen molar-refractivity contribution < 1.29 is 79.5 Å². The number of nitrogens with one attached hydrogen (secondary N) is 3. The topological polar surface area (TPSA) is 352 Å². The van der Waals surface area contributed by atoms with Gasteiger partial charge in [0.15, 0.2) is 10.2 Å². The Morgan fingerprint density at radius 1 is 0.968 bits per heavy atom. The molecule has 4 rings (SSSR count). The van der Waals surface area contributed by atoms with Crippen LogP contribution in [0.2, 0.25) is 10.2 Å². The van der Waals surface area contributed by atoms with Crippen LogP contribution in [0.15, 0.2) is 44.9 Å². The Hall–Kier alpha value is -6.10. The van der Waals surface area contributed by atoms with Gasteiger partial charge in [-0.1, -0.05) is 23.2 Å². The summed E-state index contributed by atoms with van der Waals surface area (Å²) in [5.74, 6) is -3.79. The first-order valence-corrected chi connectivity index (χ1v) is 20.6. The van der Waals surface area contributed by atoms with Crippen LogP contribution in [0.1, 0.15) is 40.3 Å². The number of aromatic nitrogens is 6. The summed E-state index contributed by atoms with van der Waals surface area (Å²) >= 11 is 11.6. The Kier molecular flexibility index (Phi) is 18.4. The van der Waals surface area contributed by atoms with Gasteiger partial charge in [-0.25, -0.2) is 28.5 Å². The molecule has 4 aromatic rings. The first-order valence-electron chi connectivity index (χ1n) is 16.6. The Morgan fingerprint density at radius 3 is 2.02 bits per heavy atom. The number of alkyl halides is 3. The van der Waals surface area contributed by atoms with Crippen LogP contribution in [0.4, 0.5) is 23.9 Å². The van der Waals surface area contributed by atoms with Crippen molar-refractivity contribution in [1.82, 2.24) is 38.9 Å². The summed E-state index contributed by atoms with van der Waals surface area (Å²) in [5.41, 5.74) is -4.78. The lowest BCUT2D eigenvalue weighted by molar-refractivity contribution is -0.144. The van der Waals surface area contributed by atoms with Crippen LogP contribution in [-0.2, 0) is 44.4 Å². The zero-order valence-corrected chi connectivity index (χ0v) is 36.2. The van der Waals surface area contributed by atoms with E-state index in [9.17, 15) is 54.9 Å². The molecule has 0 saturated carbocycles. The van der Waals surface area contributed by atoms with Crippen molar-refractivity contribution in [3.63, 3.8) is 0 Å². The molecule has 0 aliphatic carbocycles. The number of sulfonamides is 1. The summed E-state index contributed by atoms with van der Waals surface area (Å²) in [6.45, 7) is 2.79. The number of hydrogen-bond acceptors (Lipinski definition) is 16. The molecule has 2 amide bonds. The number of aryl methyl sites for hydroxylation is 1. The maximum absolute atomic E-state index is 12.9. The first kappa shape index (κ1) is 53.0. The highest BCUT2D eigenvalue weighted by molar-refractivity contribution is 7.90. The van der Waals surface area contributed by atoms with Crippen LogP contribution in [0, 0.1) is 0 Å². The smallest absolute Gasteiger partial charge is 0.431 e. The highest BCUT2D eigenvalue weighted by atomic mass is 35.5. The summed E-state index contributed by atoms with van der Waals surface area (Å²) in [7, 11) is -4.06. The van der Waals surface area contributed by atoms with Crippen LogP contribution >= 0.6 is 30.8 Å². The van der Waals surface area contributed by atoms with Crippen molar-refractivity contribution in [2.24, 2.45) is 14.1 Å². The predicted molar refractivity (Wildman–Crippen MR) is 210 cm³/mol. The summed E-state index contributed by atoms with van der Waals surface area (Å²) in [6, 6.07) is 3.97. The number of amides is 2. The Bertz CT molecular complexity index is 2630. The Balaban J connectivity index is 0.000000358. The Morgan fingerprint density at radius 2 is 1.54 bits per heavy atom. The van der Waals surface area contributed by atoms with Crippen LogP contribution in [0.25, 0.3) is 5.69 Å². The fourth-order valence-electron chi connectivity index (χ4n) is 4.46. The molecule has 63 heavy (non-hydrogen) atoms. The van der Waals surface area contributed by atoms with Crippen molar-refractivity contribution in [1.29, 1.82) is 0 Å². The van der Waals surface area contributed by atoms with Crippen molar-refractivity contribution in [3.8, 4) is 17.4 Å². The van der Waals surface area contributed by atoms with Crippen LogP contribution in [-0.4, -0.2) is 114 Å². The average molecular weight is 981 g/mol. The van der Waals surface area contributed by atoms with Crippen LogP contribution in [0.3, 0.4) is 0 Å². The molecule has 0 aliphatic heterocycles. The van der Waals surface area contributed by atoms with Crippen molar-refractivity contribution in [2.75, 3.05) is 32.4 Å². The number of esters is 1. The molecule has 0 unspecified atom stereocenters. The molecule has 0 aliphatic rings. The second kappa shape index (κ2) is 21.8. The quantitative estimate of drug-likeness (QED) is 0.0740. The highest BCUT2D eigenvalue weighted by Gasteiger charge is 2.35. The van der Waals surface area contributed by atoms with Crippen LogP contribution < -0.4 is 36.1 Å². The number of urea groups is 1. The highest BCUT2D eigenvalue weighted by Crippen LogP contribution is 2.32. The van der Waals surface area contributed by atoms with E-state index in [0.717, 1.165) is 20.2 Å². The molecule has 7 N–H and O–H groups in total. The number of aliphatic carboxylic acids is 1. The van der Waals surface area contributed by atoms with Crippen molar-refractivity contribution in [2.45, 2.75) is 31.2 Å². The number of anilines is 1. The van der Waals surface area contributed by atoms with E-state index in [1.165, 1.54) is 32.4 Å². The predicted octanol–water partition coefficient (Wildman–Crippen LogP) is 1.66. The lowest BCUT2D eigenvalue weighted by Crippen LogP contribution is -2.40. The van der Waals surface area contributed by atoms with Gasteiger partial charge >= 0.3 is 43.4 Å². The molecule has 0 spiro atoms. The number of carboxylic acid groups (broad SMARTS) is 2. The van der Waals surface area contributed by atoms with Gasteiger partial charge in [0.05, 0.1) is 55.5 Å². The number of carbonyl (C=O) groups excluding carboxylic acids is 2. The van der Waals surface area contributed by atoms with Gasteiger partial charge in [0.25, 0.3) is 15.6 Å². The molecule has 1 aromatic carbocycles. The number of methoxy groups -OCH3 is 2. The lowest BCUT2D eigenvalue weighted by Gasteiger charge is -2.15. The van der Waals surface area contributed by atoms with Gasteiger partial charge in [-0.15, -0.1) is 0 Å². The van der Waals surface area contributed by atoms with Gasteiger partial charge in [0, 0.05) is 20.2 Å². The third-order valence-electron chi connectivity index (χ3n) is 6.95. The summed E-state index contributed by atoms with van der Waals surface area (Å²) in [4.78, 5) is 93.4. The number of aromatic carboxylic acids is 1. The second-order valence-electron chi connectivity index (χ2n) is 12.0. The largest absolute Gasteiger partial charge is 0.481 e. The van der Waals surface area contributed by atoms with Crippen molar-refractivity contribution >= 4 is 70.7 Å². The molecule has 346 valence electrons. The van der Waals surface area contributed by atoms with Gasteiger partial charge < -0.3 is 34.2 Å². The van der Waals surface area contributed by atoms with E-state index in [0.29, 0.717) is 19.9 Å². The summed E-state index contributed by atoms with van der Waals surface area (Å²) in [5, 5.41) is 23.4. The number of halogens is 5. The zero-order chi connectivity index (χ0) is 48.4. The molecule has 0 fully saturated rings. The number of hydrogen-bond donors (Lipinski definition) is 7. The molecule has 3 aromatic heterocycles. The van der Waals surface area contributed by atoms with Gasteiger partial charge in [-0.05, 0) is 32.0 Å². The standard InChI is InChI=1S/C16H14ClF3N2O4.C12H13ClN6O7S.C3H8NO5P/c1-8(2)26-14(24)10-6-9(4-5-11(10)17)22-13(23)7-12(16(18,19)20)21(3)15(22)25;1-19-9(7(10(20)21)8(13)17-19)27(23,24)18-12(22)16-11-14-5(25-2)4-6(15-11)26-3;5-3(6)1-4-2-10(7,8)9/h4-8H,1-3H3;4H,1-3H3,(H,20,21)(H2,14,15,16,18,22);4H,1-2H2,(H,5,6)(H2,7,8,9). The number of ether oxygens (including phenoxy) is 3. The molecule has 32 heteroatoms. The number of carboxylic acids is 2. The minimum Gasteiger partial charge on any atom is -0.481 e. The SMILES string of the molecule is CC(C)OC(=O)c1cc(-n2c(=O)cc(C(F)(F)F)n(C)c2=O)ccc1Cl.COc1cc(OC)nc(NC(=O)NS(=O)(=O)c2c(C(=O)O)c(Cl)nn2C)n1.O=C(O)CNCP(=O)(O)O. The normalized spacial score (nSPS) is 11.3. The molecule has 25 nitrogen and oxygen atoms in total. The third-order valence-corrected chi connectivity index (χ3v) is 9.61. The molecule has 0 saturated heterocycles. The first-order chi connectivity index (χ1) is 28.9. The van der Waals surface area contributed by atoms with E-state index in [1.54, 1.807) is 18.6 Å². The molecule has 0 radical (unpaired) electrons. The third kappa shape index (κ3) is 15.3. The van der Waals surface area contributed by atoms with E-state index < -0.39 is 99.4 Å². The van der Waals surface area contributed by atoms with Gasteiger partial charge in [-0.3, -0.25) is 34.0 Å². The number of carbonyl (C=O) groups is 4. The average Bonchev–Trinajstić information content (AvgIpc) is 3.46. The maximum atomic E-state index is 12.9. The molecular weight excluding hydrogens is 945 g/mol. The maximum Gasteiger partial charge on any atom is 0.431 e. The van der Waals surface area contributed by atoms with Crippen LogP contribution in [0.5, 0.6) is 11.8 Å². The minimum absolute atomic E-state index is 0.0104. The fraction of sp³-hybridized carbons (Fsp3) is 0.323. The Labute approximate surface area is 361 Å². The lowest BCUT2D eigenvalue weighted by atomic mass is 10.2.